The monoisotopic (exact) mass is 328 g/mol. The Hall–Kier alpha value is -1.57. The molecule has 1 atom stereocenters. The third kappa shape index (κ3) is 6.90. The highest BCUT2D eigenvalue weighted by atomic mass is 16.5. The van der Waals surface area contributed by atoms with Gasteiger partial charge in [-0.15, -0.1) is 0 Å². The van der Waals surface area contributed by atoms with Gasteiger partial charge in [-0.1, -0.05) is 62.1 Å². The quantitative estimate of drug-likeness (QED) is 0.492. The molecule has 2 heteroatoms. The molecule has 0 radical (unpaired) electrons. The molecule has 2 bridgehead atoms. The van der Waals surface area contributed by atoms with E-state index in [9.17, 15) is 4.79 Å². The second-order valence-electron chi connectivity index (χ2n) is 6.94. The second kappa shape index (κ2) is 11.1. The van der Waals surface area contributed by atoms with Crippen LogP contribution in [0.2, 0.25) is 0 Å². The van der Waals surface area contributed by atoms with Gasteiger partial charge < -0.3 is 4.74 Å². The molecule has 1 aromatic rings. The van der Waals surface area contributed by atoms with Crippen molar-refractivity contribution < 1.29 is 9.53 Å². The van der Waals surface area contributed by atoms with Crippen LogP contribution in [0.3, 0.4) is 0 Å². The van der Waals surface area contributed by atoms with Gasteiger partial charge in [0, 0.05) is 0 Å². The number of carbonyl (C=O) groups is 1. The number of carbonyl (C=O) groups excluding carboxylic acids is 1. The van der Waals surface area contributed by atoms with Crippen LogP contribution in [0.15, 0.2) is 36.4 Å². The molecule has 0 heterocycles. The second-order valence-corrected chi connectivity index (χ2v) is 6.94. The number of rotatable bonds is 1. The van der Waals surface area contributed by atoms with Gasteiger partial charge in [0.2, 0.25) is 0 Å². The van der Waals surface area contributed by atoms with Crippen LogP contribution in [-0.4, -0.2) is 13.1 Å². The largest absolute Gasteiger partial charge is 0.469 e. The van der Waals surface area contributed by atoms with E-state index in [0.29, 0.717) is 0 Å². The Morgan fingerprint density at radius 3 is 2.21 bits per heavy atom. The lowest BCUT2D eigenvalue weighted by atomic mass is 9.96. The van der Waals surface area contributed by atoms with Crippen LogP contribution >= 0.6 is 0 Å². The maximum absolute atomic E-state index is 11.9. The molecular weight excluding hydrogens is 296 g/mol. The summed E-state index contributed by atoms with van der Waals surface area (Å²) < 4.78 is 4.97. The van der Waals surface area contributed by atoms with Gasteiger partial charge in [0.15, 0.2) is 0 Å². The molecule has 0 saturated carbocycles. The number of allylic oxidation sites excluding steroid dienone is 2. The first-order chi connectivity index (χ1) is 11.8. The number of esters is 1. The van der Waals surface area contributed by atoms with E-state index in [-0.39, 0.29) is 11.9 Å². The minimum Gasteiger partial charge on any atom is -0.469 e. The first-order valence-corrected chi connectivity index (χ1v) is 9.60. The summed E-state index contributed by atoms with van der Waals surface area (Å²) in [4.78, 5) is 11.9. The summed E-state index contributed by atoms with van der Waals surface area (Å²) in [5, 5.41) is 0. The molecule has 0 saturated heterocycles. The van der Waals surface area contributed by atoms with Crippen molar-refractivity contribution in [2.45, 2.75) is 70.6 Å². The average Bonchev–Trinajstić information content (AvgIpc) is 2.61. The highest BCUT2D eigenvalue weighted by Gasteiger charge is 2.16. The fourth-order valence-electron chi connectivity index (χ4n) is 3.42. The summed E-state index contributed by atoms with van der Waals surface area (Å²) in [5.41, 5.74) is 2.89. The van der Waals surface area contributed by atoms with Crippen molar-refractivity contribution in [3.05, 3.63) is 47.5 Å². The molecule has 0 aromatic heterocycles. The zero-order valence-corrected chi connectivity index (χ0v) is 15.1. The van der Waals surface area contributed by atoms with Crippen molar-refractivity contribution in [3.8, 4) is 0 Å². The van der Waals surface area contributed by atoms with E-state index in [1.54, 1.807) is 0 Å². The highest BCUT2D eigenvalue weighted by Crippen LogP contribution is 2.18. The van der Waals surface area contributed by atoms with E-state index in [0.717, 1.165) is 32.1 Å². The third-order valence-corrected chi connectivity index (χ3v) is 5.00. The van der Waals surface area contributed by atoms with E-state index >= 15 is 0 Å². The van der Waals surface area contributed by atoms with E-state index in [1.165, 1.54) is 56.8 Å². The molecule has 0 aliphatic heterocycles. The van der Waals surface area contributed by atoms with Crippen molar-refractivity contribution in [1.29, 1.82) is 0 Å². The van der Waals surface area contributed by atoms with Gasteiger partial charge in [0.1, 0.15) is 0 Å². The van der Waals surface area contributed by atoms with Crippen LogP contribution in [0.1, 0.15) is 68.9 Å². The molecule has 1 unspecified atom stereocenters. The van der Waals surface area contributed by atoms with E-state index in [2.05, 4.69) is 36.4 Å². The Labute approximate surface area is 147 Å². The molecule has 0 N–H and O–H groups in total. The smallest absolute Gasteiger partial charge is 0.308 e. The molecule has 0 spiro atoms. The Morgan fingerprint density at radius 2 is 1.50 bits per heavy atom. The predicted octanol–water partition coefficient (Wildman–Crippen LogP) is 5.64. The van der Waals surface area contributed by atoms with Crippen molar-refractivity contribution >= 4 is 5.97 Å². The minimum atomic E-state index is -0.0476. The first-order valence-electron chi connectivity index (χ1n) is 9.60. The van der Waals surface area contributed by atoms with E-state index in [4.69, 9.17) is 4.74 Å². The van der Waals surface area contributed by atoms with Crippen LogP contribution < -0.4 is 0 Å². The molecule has 24 heavy (non-hydrogen) atoms. The maximum atomic E-state index is 11.9. The van der Waals surface area contributed by atoms with E-state index in [1.807, 2.05) is 0 Å². The lowest BCUT2D eigenvalue weighted by Gasteiger charge is -2.12. The first kappa shape index (κ1) is 18.8. The van der Waals surface area contributed by atoms with Crippen molar-refractivity contribution in [2.24, 2.45) is 5.92 Å². The third-order valence-electron chi connectivity index (χ3n) is 5.00. The predicted molar refractivity (Wildman–Crippen MR) is 100 cm³/mol. The number of aryl methyl sites for hydroxylation is 2. The lowest BCUT2D eigenvalue weighted by molar-refractivity contribution is -0.145. The Kier molecular flexibility index (Phi) is 8.65. The maximum Gasteiger partial charge on any atom is 0.308 e. The highest BCUT2D eigenvalue weighted by molar-refractivity contribution is 5.72. The number of methoxy groups -OCH3 is 1. The number of benzene rings is 1. The van der Waals surface area contributed by atoms with Crippen molar-refractivity contribution in [3.63, 3.8) is 0 Å². The summed E-state index contributed by atoms with van der Waals surface area (Å²) in [6.45, 7) is 0. The zero-order chi connectivity index (χ0) is 17.0. The Balaban J connectivity index is 1.91. The zero-order valence-electron chi connectivity index (χ0n) is 15.1. The van der Waals surface area contributed by atoms with Crippen LogP contribution in [0.4, 0.5) is 0 Å². The summed E-state index contributed by atoms with van der Waals surface area (Å²) in [6.07, 6.45) is 16.9. The average molecular weight is 328 g/mol. The van der Waals surface area contributed by atoms with Crippen LogP contribution in [-0.2, 0) is 22.4 Å². The van der Waals surface area contributed by atoms with Crippen molar-refractivity contribution in [1.82, 2.24) is 0 Å². The number of hydrogen-bond donors (Lipinski definition) is 0. The molecule has 0 fully saturated rings. The lowest BCUT2D eigenvalue weighted by Crippen LogP contribution is -2.15. The van der Waals surface area contributed by atoms with Crippen molar-refractivity contribution in [2.75, 3.05) is 7.11 Å². The summed E-state index contributed by atoms with van der Waals surface area (Å²) >= 11 is 0. The number of ether oxygens (including phenoxy) is 1. The fourth-order valence-corrected chi connectivity index (χ4v) is 3.42. The topological polar surface area (TPSA) is 26.3 Å². The van der Waals surface area contributed by atoms with Gasteiger partial charge in [0.25, 0.3) is 0 Å². The number of hydrogen-bond acceptors (Lipinski definition) is 2. The molecule has 0 amide bonds. The van der Waals surface area contributed by atoms with Crippen LogP contribution in [0.25, 0.3) is 0 Å². The minimum absolute atomic E-state index is 0.0388. The molecule has 132 valence electrons. The standard InChI is InChI=1S/C22H32O2/c1-24-22(23)21-13-9-4-2-3-7-11-19-15-17-20(18-16-19)12-8-5-6-10-14-21/h6,10,15-18,21H,2-5,7-9,11-14H2,1H3/b10-6-. The Bertz CT molecular complexity index is 501. The molecule has 1 aromatic carbocycles. The number of fused-ring (bicyclic) bond motifs is 14. The summed E-state index contributed by atoms with van der Waals surface area (Å²) in [6, 6.07) is 9.18. The summed E-state index contributed by atoms with van der Waals surface area (Å²) in [5.74, 6) is -0.00876. The van der Waals surface area contributed by atoms with Gasteiger partial charge in [-0.3, -0.25) is 4.79 Å². The van der Waals surface area contributed by atoms with Gasteiger partial charge in [-0.2, -0.15) is 0 Å². The normalized spacial score (nSPS) is 22.3. The van der Waals surface area contributed by atoms with Crippen LogP contribution in [0.5, 0.6) is 0 Å². The molecule has 2 nitrogen and oxygen atoms in total. The molecule has 2 aliphatic rings. The van der Waals surface area contributed by atoms with Gasteiger partial charge >= 0.3 is 5.97 Å². The van der Waals surface area contributed by atoms with Gasteiger partial charge in [-0.25, -0.2) is 0 Å². The summed E-state index contributed by atoms with van der Waals surface area (Å²) in [7, 11) is 1.50. The molecular formula is C22H32O2. The Morgan fingerprint density at radius 1 is 0.875 bits per heavy atom. The van der Waals surface area contributed by atoms with Gasteiger partial charge in [-0.05, 0) is 56.1 Å². The van der Waals surface area contributed by atoms with Gasteiger partial charge in [0.05, 0.1) is 13.0 Å². The van der Waals surface area contributed by atoms with E-state index < -0.39 is 0 Å². The fraction of sp³-hybridized carbons (Fsp3) is 0.591. The van der Waals surface area contributed by atoms with Crippen LogP contribution in [0, 0.1) is 5.92 Å². The SMILES string of the molecule is COC(=O)C1C/C=C\CCCc2ccc(cc2)CCCCCCC1. The molecule has 3 rings (SSSR count). The molecule has 2 aliphatic carbocycles.